The zero-order valence-corrected chi connectivity index (χ0v) is 11.5. The molecule has 0 aliphatic heterocycles. The molecule has 0 saturated carbocycles. The molecule has 1 aromatic carbocycles. The van der Waals surface area contributed by atoms with E-state index in [1.807, 2.05) is 6.07 Å². The topological polar surface area (TPSA) is 21.3 Å². The molecule has 1 aromatic rings. The molecule has 0 spiro atoms. The van der Waals surface area contributed by atoms with Crippen molar-refractivity contribution in [3.8, 4) is 5.75 Å². The summed E-state index contributed by atoms with van der Waals surface area (Å²) in [5, 5.41) is 3.41. The van der Waals surface area contributed by atoms with Crippen molar-refractivity contribution in [2.75, 3.05) is 13.2 Å². The lowest BCUT2D eigenvalue weighted by molar-refractivity contribution is 0.256. The maximum Gasteiger partial charge on any atom is 0.119 e. The van der Waals surface area contributed by atoms with Crippen LogP contribution in [0.25, 0.3) is 0 Å². The molecule has 0 aromatic heterocycles. The third kappa shape index (κ3) is 4.78. The first-order valence-electron chi connectivity index (χ1n) is 6.63. The fourth-order valence-electron chi connectivity index (χ4n) is 1.65. The van der Waals surface area contributed by atoms with Crippen molar-refractivity contribution < 1.29 is 4.74 Å². The molecule has 1 N–H and O–H groups in total. The summed E-state index contributed by atoms with van der Waals surface area (Å²) in [6.07, 6.45) is 1.16. The Morgan fingerprint density at radius 3 is 2.65 bits per heavy atom. The van der Waals surface area contributed by atoms with Crippen LogP contribution < -0.4 is 10.1 Å². The third-order valence-corrected chi connectivity index (χ3v) is 3.10. The summed E-state index contributed by atoms with van der Waals surface area (Å²) < 4.78 is 5.80. The Morgan fingerprint density at radius 2 is 2.00 bits per heavy atom. The Labute approximate surface area is 105 Å². The number of ether oxygens (including phenoxy) is 1. The number of nitrogens with one attached hydrogen (secondary N) is 1. The Kier molecular flexibility index (Phi) is 6.06. The van der Waals surface area contributed by atoms with E-state index in [0.29, 0.717) is 12.0 Å². The summed E-state index contributed by atoms with van der Waals surface area (Å²) in [5.41, 5.74) is 1.29. The molecule has 2 atom stereocenters. The zero-order valence-electron chi connectivity index (χ0n) is 11.5. The highest BCUT2D eigenvalue weighted by molar-refractivity contribution is 5.30. The summed E-state index contributed by atoms with van der Waals surface area (Å²) in [6, 6.07) is 8.76. The van der Waals surface area contributed by atoms with Crippen LogP contribution in [0.3, 0.4) is 0 Å². The molecular formula is C15H25NO. The molecule has 2 heteroatoms. The highest BCUT2D eigenvalue weighted by Crippen LogP contribution is 2.19. The Balaban J connectivity index is 2.59. The van der Waals surface area contributed by atoms with Crippen molar-refractivity contribution in [1.82, 2.24) is 5.32 Å². The van der Waals surface area contributed by atoms with E-state index < -0.39 is 0 Å². The van der Waals surface area contributed by atoms with Gasteiger partial charge < -0.3 is 10.1 Å². The van der Waals surface area contributed by atoms with Crippen molar-refractivity contribution in [2.45, 2.75) is 40.2 Å². The quantitative estimate of drug-likeness (QED) is 0.776. The van der Waals surface area contributed by atoms with Gasteiger partial charge in [0.05, 0.1) is 6.61 Å². The molecule has 0 aliphatic rings. The van der Waals surface area contributed by atoms with Gasteiger partial charge in [-0.3, -0.25) is 0 Å². The maximum absolute atomic E-state index is 5.80. The van der Waals surface area contributed by atoms with Gasteiger partial charge >= 0.3 is 0 Å². The van der Waals surface area contributed by atoms with Gasteiger partial charge in [-0.25, -0.2) is 0 Å². The molecule has 17 heavy (non-hydrogen) atoms. The first-order valence-corrected chi connectivity index (χ1v) is 6.63. The molecule has 2 nitrogen and oxygen atoms in total. The van der Waals surface area contributed by atoms with E-state index in [1.54, 1.807) is 0 Å². The van der Waals surface area contributed by atoms with Crippen LogP contribution in [0, 0.1) is 5.92 Å². The minimum atomic E-state index is 0.382. The Bertz CT molecular complexity index is 324. The largest absolute Gasteiger partial charge is 0.493 e. The lowest BCUT2D eigenvalue weighted by Gasteiger charge is -2.15. The van der Waals surface area contributed by atoms with Gasteiger partial charge in [-0.2, -0.15) is 0 Å². The molecule has 0 saturated heterocycles. The standard InChI is InChI=1S/C15H25NO/c1-5-12(3)11-17-15-9-7-8-14(10-15)13(4)16-6-2/h7-10,12-13,16H,5-6,11H2,1-4H3. The lowest BCUT2D eigenvalue weighted by atomic mass is 10.1. The third-order valence-electron chi connectivity index (χ3n) is 3.10. The van der Waals surface area contributed by atoms with Gasteiger partial charge in [-0.15, -0.1) is 0 Å². The first-order chi connectivity index (χ1) is 8.17. The van der Waals surface area contributed by atoms with Gasteiger partial charge in [-0.1, -0.05) is 39.3 Å². The van der Waals surface area contributed by atoms with Gasteiger partial charge in [0.2, 0.25) is 0 Å². The minimum Gasteiger partial charge on any atom is -0.493 e. The normalized spacial score (nSPS) is 14.4. The SMILES string of the molecule is CCNC(C)c1cccc(OCC(C)CC)c1. The fraction of sp³-hybridized carbons (Fsp3) is 0.600. The van der Waals surface area contributed by atoms with Crippen LogP contribution in [0.15, 0.2) is 24.3 Å². The number of benzene rings is 1. The van der Waals surface area contributed by atoms with Crippen LogP contribution in [0.1, 0.15) is 45.7 Å². The van der Waals surface area contributed by atoms with Crippen LogP contribution >= 0.6 is 0 Å². The van der Waals surface area contributed by atoms with Crippen LogP contribution in [-0.4, -0.2) is 13.2 Å². The highest BCUT2D eigenvalue weighted by atomic mass is 16.5. The van der Waals surface area contributed by atoms with E-state index in [2.05, 4.69) is 51.2 Å². The van der Waals surface area contributed by atoms with E-state index >= 15 is 0 Å². The summed E-state index contributed by atoms with van der Waals surface area (Å²) in [6.45, 7) is 10.5. The number of hydrogen-bond acceptors (Lipinski definition) is 2. The van der Waals surface area contributed by atoms with Gasteiger partial charge in [-0.05, 0) is 37.1 Å². The molecule has 0 heterocycles. The molecule has 2 unspecified atom stereocenters. The van der Waals surface area contributed by atoms with E-state index in [0.717, 1.165) is 25.3 Å². The van der Waals surface area contributed by atoms with E-state index in [1.165, 1.54) is 5.56 Å². The predicted octanol–water partition coefficient (Wildman–Crippen LogP) is 3.78. The molecular weight excluding hydrogens is 210 g/mol. The average molecular weight is 235 g/mol. The smallest absolute Gasteiger partial charge is 0.119 e. The summed E-state index contributed by atoms with van der Waals surface area (Å²) in [4.78, 5) is 0. The summed E-state index contributed by atoms with van der Waals surface area (Å²) in [7, 11) is 0. The van der Waals surface area contributed by atoms with Crippen LogP contribution in [-0.2, 0) is 0 Å². The van der Waals surface area contributed by atoms with Gasteiger partial charge in [0.1, 0.15) is 5.75 Å². The Morgan fingerprint density at radius 1 is 1.24 bits per heavy atom. The van der Waals surface area contributed by atoms with Gasteiger partial charge in [0.15, 0.2) is 0 Å². The average Bonchev–Trinajstić information content (AvgIpc) is 2.36. The van der Waals surface area contributed by atoms with Crippen molar-refractivity contribution in [2.24, 2.45) is 5.92 Å². The maximum atomic E-state index is 5.80. The first kappa shape index (κ1) is 14.0. The second-order valence-corrected chi connectivity index (χ2v) is 4.68. The molecule has 0 radical (unpaired) electrons. The van der Waals surface area contributed by atoms with Gasteiger partial charge in [0, 0.05) is 6.04 Å². The summed E-state index contributed by atoms with van der Waals surface area (Å²) >= 11 is 0. The molecule has 1 rings (SSSR count). The van der Waals surface area contributed by atoms with E-state index in [4.69, 9.17) is 4.74 Å². The summed E-state index contributed by atoms with van der Waals surface area (Å²) in [5.74, 6) is 1.59. The van der Waals surface area contributed by atoms with E-state index in [9.17, 15) is 0 Å². The number of hydrogen-bond donors (Lipinski definition) is 1. The fourth-order valence-corrected chi connectivity index (χ4v) is 1.65. The van der Waals surface area contributed by atoms with Crippen LogP contribution in [0.4, 0.5) is 0 Å². The van der Waals surface area contributed by atoms with E-state index in [-0.39, 0.29) is 0 Å². The lowest BCUT2D eigenvalue weighted by Crippen LogP contribution is -2.17. The zero-order chi connectivity index (χ0) is 12.7. The second kappa shape index (κ2) is 7.33. The van der Waals surface area contributed by atoms with Crippen LogP contribution in [0.2, 0.25) is 0 Å². The monoisotopic (exact) mass is 235 g/mol. The van der Waals surface area contributed by atoms with Gasteiger partial charge in [0.25, 0.3) is 0 Å². The molecule has 0 bridgehead atoms. The van der Waals surface area contributed by atoms with Crippen molar-refractivity contribution in [3.63, 3.8) is 0 Å². The Hall–Kier alpha value is -1.02. The second-order valence-electron chi connectivity index (χ2n) is 4.68. The molecule has 96 valence electrons. The van der Waals surface area contributed by atoms with Crippen molar-refractivity contribution >= 4 is 0 Å². The molecule has 0 amide bonds. The minimum absolute atomic E-state index is 0.382. The number of rotatable bonds is 7. The molecule has 0 fully saturated rings. The molecule has 0 aliphatic carbocycles. The van der Waals surface area contributed by atoms with Crippen LogP contribution in [0.5, 0.6) is 5.75 Å². The van der Waals surface area contributed by atoms with Crippen molar-refractivity contribution in [1.29, 1.82) is 0 Å². The predicted molar refractivity (Wildman–Crippen MR) is 73.5 cm³/mol. The van der Waals surface area contributed by atoms with Crippen molar-refractivity contribution in [3.05, 3.63) is 29.8 Å². The highest BCUT2D eigenvalue weighted by Gasteiger charge is 2.05.